The molecule has 0 saturated heterocycles. The van der Waals surface area contributed by atoms with Gasteiger partial charge in [-0.25, -0.2) is 12.8 Å². The topological polar surface area (TPSA) is 94.2 Å². The summed E-state index contributed by atoms with van der Waals surface area (Å²) in [5, 5.41) is 2.97. The predicted octanol–water partition coefficient (Wildman–Crippen LogP) is 4.09. The highest BCUT2D eigenvalue weighted by Crippen LogP contribution is 2.34. The molecule has 0 spiro atoms. The monoisotopic (exact) mass is 506 g/mol. The molecule has 0 atom stereocenters. The Bertz CT molecular complexity index is 1320. The van der Waals surface area contributed by atoms with Crippen LogP contribution in [0.3, 0.4) is 0 Å². The van der Waals surface area contributed by atoms with Crippen molar-refractivity contribution in [3.63, 3.8) is 0 Å². The number of carbonyl (C=O) groups excluding carboxylic acids is 1. The van der Waals surface area contributed by atoms with Gasteiger partial charge in [-0.2, -0.15) is 0 Å². The van der Waals surface area contributed by atoms with Gasteiger partial charge in [0, 0.05) is 11.1 Å². The van der Waals surface area contributed by atoms with E-state index >= 15 is 0 Å². The van der Waals surface area contributed by atoms with Gasteiger partial charge >= 0.3 is 0 Å². The van der Waals surface area contributed by atoms with E-state index < -0.39 is 28.3 Å². The Kier molecular flexibility index (Phi) is 6.80. The molecule has 11 heteroatoms. The van der Waals surface area contributed by atoms with Crippen molar-refractivity contribution in [2.45, 2.75) is 4.90 Å². The zero-order valence-corrected chi connectivity index (χ0v) is 19.5. The number of sulfonamides is 1. The molecule has 3 aromatic carbocycles. The minimum absolute atomic E-state index is 0.101. The summed E-state index contributed by atoms with van der Waals surface area (Å²) in [7, 11) is -2.83. The van der Waals surface area contributed by atoms with Crippen LogP contribution in [0.2, 0.25) is 5.02 Å². The molecule has 0 unspecified atom stereocenters. The van der Waals surface area contributed by atoms with Crippen LogP contribution < -0.4 is 23.8 Å². The normalized spacial score (nSPS) is 12.7. The Morgan fingerprint density at radius 1 is 1.06 bits per heavy atom. The summed E-state index contributed by atoms with van der Waals surface area (Å²) in [6.45, 7) is 0.0358. The Labute approximate surface area is 200 Å². The molecule has 178 valence electrons. The molecule has 4 rings (SSSR count). The third-order valence-corrected chi connectivity index (χ3v) is 6.94. The summed E-state index contributed by atoms with van der Waals surface area (Å²) >= 11 is 6.01. The second-order valence-corrected chi connectivity index (χ2v) is 9.49. The number of rotatable bonds is 7. The molecule has 0 fully saturated rings. The van der Waals surface area contributed by atoms with Gasteiger partial charge in [-0.3, -0.25) is 9.10 Å². The summed E-state index contributed by atoms with van der Waals surface area (Å²) < 4.78 is 57.7. The van der Waals surface area contributed by atoms with Crippen LogP contribution in [-0.4, -0.2) is 41.2 Å². The first-order valence-corrected chi connectivity index (χ1v) is 11.9. The lowest BCUT2D eigenvalue weighted by atomic mass is 10.3. The van der Waals surface area contributed by atoms with Gasteiger partial charge < -0.3 is 19.5 Å². The molecule has 8 nitrogen and oxygen atoms in total. The molecule has 3 aromatic rings. The minimum Gasteiger partial charge on any atom is -0.495 e. The van der Waals surface area contributed by atoms with Crippen LogP contribution in [0.5, 0.6) is 17.2 Å². The lowest BCUT2D eigenvalue weighted by molar-refractivity contribution is -0.114. The van der Waals surface area contributed by atoms with Crippen molar-refractivity contribution in [1.29, 1.82) is 0 Å². The van der Waals surface area contributed by atoms with Crippen molar-refractivity contribution in [3.05, 3.63) is 71.5 Å². The first kappa shape index (κ1) is 23.7. The van der Waals surface area contributed by atoms with E-state index in [2.05, 4.69) is 5.32 Å². The predicted molar refractivity (Wildman–Crippen MR) is 125 cm³/mol. The minimum atomic E-state index is -4.25. The van der Waals surface area contributed by atoms with E-state index in [0.29, 0.717) is 23.1 Å². The molecule has 1 aliphatic heterocycles. The smallest absolute Gasteiger partial charge is 0.264 e. The highest BCUT2D eigenvalue weighted by Gasteiger charge is 2.29. The van der Waals surface area contributed by atoms with Crippen molar-refractivity contribution in [3.8, 4) is 17.2 Å². The van der Waals surface area contributed by atoms with E-state index in [1.165, 1.54) is 43.5 Å². The number of nitrogens with one attached hydrogen (secondary N) is 1. The van der Waals surface area contributed by atoms with Crippen LogP contribution in [0.1, 0.15) is 0 Å². The summed E-state index contributed by atoms with van der Waals surface area (Å²) in [5.41, 5.74) is 0.375. The average Bonchev–Trinajstić information content (AvgIpc) is 2.83. The number of halogens is 2. The van der Waals surface area contributed by atoms with Crippen LogP contribution in [0.4, 0.5) is 15.8 Å². The average molecular weight is 507 g/mol. The number of benzene rings is 3. The highest BCUT2D eigenvalue weighted by atomic mass is 35.5. The number of methoxy groups -OCH3 is 1. The zero-order chi connectivity index (χ0) is 24.3. The van der Waals surface area contributed by atoms with Crippen LogP contribution in [0.15, 0.2) is 65.6 Å². The van der Waals surface area contributed by atoms with Gasteiger partial charge in [0.25, 0.3) is 10.0 Å². The third kappa shape index (κ3) is 5.02. The standard InChI is InChI=1S/C23H20ClFN2O6S/c1-31-20-8-2-15(24)12-19(20)26-23(28)14-27(17-5-3-16(25)4-6-17)34(29,30)18-7-9-21-22(13-18)33-11-10-32-21/h2-9,12-13H,10-11,14H2,1H3,(H,26,28). The summed E-state index contributed by atoms with van der Waals surface area (Å²) in [4.78, 5) is 12.8. The Morgan fingerprint density at radius 2 is 1.76 bits per heavy atom. The van der Waals surface area contributed by atoms with E-state index in [9.17, 15) is 17.6 Å². The van der Waals surface area contributed by atoms with Crippen LogP contribution in [0, 0.1) is 5.82 Å². The maximum absolute atomic E-state index is 13.6. The molecule has 0 aliphatic carbocycles. The molecular weight excluding hydrogens is 487 g/mol. The van der Waals surface area contributed by atoms with Gasteiger partial charge in [-0.05, 0) is 54.6 Å². The van der Waals surface area contributed by atoms with Crippen molar-refractivity contribution >= 4 is 38.9 Å². The second-order valence-electron chi connectivity index (χ2n) is 7.19. The number of anilines is 2. The first-order valence-electron chi connectivity index (χ1n) is 10.1. The van der Waals surface area contributed by atoms with Gasteiger partial charge in [-0.15, -0.1) is 0 Å². The van der Waals surface area contributed by atoms with E-state index in [-0.39, 0.29) is 28.6 Å². The van der Waals surface area contributed by atoms with Gasteiger partial charge in [0.2, 0.25) is 5.91 Å². The van der Waals surface area contributed by atoms with E-state index in [0.717, 1.165) is 16.4 Å². The molecule has 34 heavy (non-hydrogen) atoms. The number of hydrogen-bond donors (Lipinski definition) is 1. The van der Waals surface area contributed by atoms with Gasteiger partial charge in [-0.1, -0.05) is 11.6 Å². The summed E-state index contributed by atoms with van der Waals surface area (Å²) in [6.07, 6.45) is 0. The molecule has 1 aliphatic rings. The molecular formula is C23H20ClFN2O6S. The molecule has 0 bridgehead atoms. The summed E-state index contributed by atoms with van der Waals surface area (Å²) in [5.74, 6) is -0.163. The number of nitrogens with zero attached hydrogens (tertiary/aromatic N) is 1. The van der Waals surface area contributed by atoms with E-state index in [1.807, 2.05) is 0 Å². The molecule has 1 N–H and O–H groups in total. The zero-order valence-electron chi connectivity index (χ0n) is 18.0. The van der Waals surface area contributed by atoms with Crippen molar-refractivity contribution in [2.75, 3.05) is 36.5 Å². The lowest BCUT2D eigenvalue weighted by Crippen LogP contribution is -2.38. The number of amides is 1. The fourth-order valence-electron chi connectivity index (χ4n) is 3.33. The van der Waals surface area contributed by atoms with Crippen molar-refractivity contribution in [2.24, 2.45) is 0 Å². The van der Waals surface area contributed by atoms with Crippen molar-refractivity contribution < 1.29 is 31.8 Å². The second kappa shape index (κ2) is 9.78. The quantitative estimate of drug-likeness (QED) is 0.518. The number of carbonyl (C=O) groups is 1. The fourth-order valence-corrected chi connectivity index (χ4v) is 4.94. The maximum Gasteiger partial charge on any atom is 0.264 e. The number of hydrogen-bond acceptors (Lipinski definition) is 6. The van der Waals surface area contributed by atoms with Crippen LogP contribution in [0.25, 0.3) is 0 Å². The SMILES string of the molecule is COc1ccc(Cl)cc1NC(=O)CN(c1ccc(F)cc1)S(=O)(=O)c1ccc2c(c1)OCCO2. The maximum atomic E-state index is 13.6. The van der Waals surface area contributed by atoms with Crippen LogP contribution >= 0.6 is 11.6 Å². The van der Waals surface area contributed by atoms with E-state index in [4.69, 9.17) is 25.8 Å². The molecule has 0 aromatic heterocycles. The Hall–Kier alpha value is -3.50. The van der Waals surface area contributed by atoms with Gasteiger partial charge in [0.05, 0.1) is 23.4 Å². The Morgan fingerprint density at radius 3 is 2.47 bits per heavy atom. The lowest BCUT2D eigenvalue weighted by Gasteiger charge is -2.25. The molecule has 1 heterocycles. The largest absolute Gasteiger partial charge is 0.495 e. The Balaban J connectivity index is 1.68. The fraction of sp³-hybridized carbons (Fsp3) is 0.174. The van der Waals surface area contributed by atoms with Crippen LogP contribution in [-0.2, 0) is 14.8 Å². The van der Waals surface area contributed by atoms with Gasteiger partial charge in [0.15, 0.2) is 11.5 Å². The number of fused-ring (bicyclic) bond motifs is 1. The highest BCUT2D eigenvalue weighted by molar-refractivity contribution is 7.92. The van der Waals surface area contributed by atoms with Crippen molar-refractivity contribution in [1.82, 2.24) is 0 Å². The van der Waals surface area contributed by atoms with Gasteiger partial charge in [0.1, 0.15) is 31.3 Å². The molecule has 0 radical (unpaired) electrons. The summed E-state index contributed by atoms with van der Waals surface area (Å²) in [6, 6.07) is 13.6. The molecule has 1 amide bonds. The molecule has 0 saturated carbocycles. The third-order valence-electron chi connectivity index (χ3n) is 4.94. The first-order chi connectivity index (χ1) is 16.3. The van der Waals surface area contributed by atoms with E-state index in [1.54, 1.807) is 12.1 Å². The number of ether oxygens (including phenoxy) is 3.